The van der Waals surface area contributed by atoms with Gasteiger partial charge < -0.3 is 10.2 Å². The van der Waals surface area contributed by atoms with Gasteiger partial charge in [-0.15, -0.1) is 0 Å². The SMILES string of the molecule is CCNC1CCCN(C(=O)C(C)C)c2ccccc21. The molecular weight excluding hydrogens is 236 g/mol. The number of nitrogens with zero attached hydrogens (tertiary/aromatic N) is 1. The number of carbonyl (C=O) groups is 1. The van der Waals surface area contributed by atoms with Gasteiger partial charge in [-0.2, -0.15) is 0 Å². The Bertz CT molecular complexity index is 442. The summed E-state index contributed by atoms with van der Waals surface area (Å²) in [4.78, 5) is 14.4. The summed E-state index contributed by atoms with van der Waals surface area (Å²) in [6, 6.07) is 8.67. The second-order valence-corrected chi connectivity index (χ2v) is 5.46. The molecule has 1 aromatic carbocycles. The van der Waals surface area contributed by atoms with Crippen LogP contribution in [0.25, 0.3) is 0 Å². The van der Waals surface area contributed by atoms with E-state index in [4.69, 9.17) is 0 Å². The van der Waals surface area contributed by atoms with Crippen LogP contribution in [-0.4, -0.2) is 19.0 Å². The first-order valence-electron chi connectivity index (χ1n) is 7.28. The summed E-state index contributed by atoms with van der Waals surface area (Å²) in [5, 5.41) is 3.53. The van der Waals surface area contributed by atoms with E-state index in [1.165, 1.54) is 5.56 Å². The van der Waals surface area contributed by atoms with Gasteiger partial charge in [0.25, 0.3) is 0 Å². The van der Waals surface area contributed by atoms with Crippen LogP contribution in [0.4, 0.5) is 5.69 Å². The smallest absolute Gasteiger partial charge is 0.229 e. The van der Waals surface area contributed by atoms with Gasteiger partial charge in [0, 0.05) is 24.2 Å². The highest BCUT2D eigenvalue weighted by Gasteiger charge is 2.26. The molecule has 0 spiro atoms. The number of para-hydroxylation sites is 1. The maximum atomic E-state index is 12.4. The minimum Gasteiger partial charge on any atom is -0.312 e. The van der Waals surface area contributed by atoms with Crippen LogP contribution < -0.4 is 10.2 Å². The molecule has 1 N–H and O–H groups in total. The van der Waals surface area contributed by atoms with Gasteiger partial charge in [0.1, 0.15) is 0 Å². The summed E-state index contributed by atoms with van der Waals surface area (Å²) in [7, 11) is 0. The normalized spacial score (nSPS) is 19.2. The first-order chi connectivity index (χ1) is 9.15. The summed E-state index contributed by atoms with van der Waals surface area (Å²) in [6.45, 7) is 7.85. The zero-order chi connectivity index (χ0) is 13.8. The molecule has 0 aromatic heterocycles. The summed E-state index contributed by atoms with van der Waals surface area (Å²) in [5.74, 6) is 0.272. The first-order valence-corrected chi connectivity index (χ1v) is 7.28. The van der Waals surface area contributed by atoms with E-state index in [-0.39, 0.29) is 11.8 Å². The van der Waals surface area contributed by atoms with Crippen LogP contribution in [-0.2, 0) is 4.79 Å². The lowest BCUT2D eigenvalue weighted by molar-refractivity contribution is -0.121. The molecule has 1 aliphatic rings. The maximum absolute atomic E-state index is 12.4. The number of carbonyl (C=O) groups excluding carboxylic acids is 1. The summed E-state index contributed by atoms with van der Waals surface area (Å²) < 4.78 is 0. The molecule has 3 heteroatoms. The Morgan fingerprint density at radius 2 is 2.16 bits per heavy atom. The van der Waals surface area contributed by atoms with Crippen molar-refractivity contribution in [2.45, 2.75) is 39.7 Å². The van der Waals surface area contributed by atoms with Crippen LogP contribution in [0.1, 0.15) is 45.2 Å². The number of benzene rings is 1. The van der Waals surface area contributed by atoms with Gasteiger partial charge in [-0.25, -0.2) is 0 Å². The van der Waals surface area contributed by atoms with E-state index >= 15 is 0 Å². The standard InChI is InChI=1S/C16H24N2O/c1-4-17-14-9-7-11-18(16(19)12(2)3)15-10-6-5-8-13(14)15/h5-6,8,10,12,14,17H,4,7,9,11H2,1-3H3. The minimum atomic E-state index is 0.0451. The van der Waals surface area contributed by atoms with E-state index in [0.29, 0.717) is 6.04 Å². The Balaban J connectivity index is 2.38. The lowest BCUT2D eigenvalue weighted by atomic mass is 10.0. The second kappa shape index (κ2) is 6.20. The molecule has 19 heavy (non-hydrogen) atoms. The van der Waals surface area contributed by atoms with Crippen LogP contribution in [0.5, 0.6) is 0 Å². The molecule has 0 saturated carbocycles. The van der Waals surface area contributed by atoms with Crippen molar-refractivity contribution < 1.29 is 4.79 Å². The molecule has 0 saturated heterocycles. The van der Waals surface area contributed by atoms with E-state index in [9.17, 15) is 4.79 Å². The Kier molecular flexibility index (Phi) is 4.59. The molecule has 0 radical (unpaired) electrons. The van der Waals surface area contributed by atoms with Crippen LogP contribution in [0, 0.1) is 5.92 Å². The fourth-order valence-corrected chi connectivity index (χ4v) is 2.76. The Morgan fingerprint density at radius 1 is 1.42 bits per heavy atom. The quantitative estimate of drug-likeness (QED) is 0.905. The van der Waals surface area contributed by atoms with E-state index in [1.54, 1.807) is 0 Å². The van der Waals surface area contributed by atoms with Crippen molar-refractivity contribution in [2.24, 2.45) is 5.92 Å². The van der Waals surface area contributed by atoms with Crippen molar-refractivity contribution in [3.8, 4) is 0 Å². The average Bonchev–Trinajstić information content (AvgIpc) is 2.59. The van der Waals surface area contributed by atoms with Crippen molar-refractivity contribution in [3.05, 3.63) is 29.8 Å². The molecule has 1 unspecified atom stereocenters. The molecule has 0 bridgehead atoms. The number of fused-ring (bicyclic) bond motifs is 1. The maximum Gasteiger partial charge on any atom is 0.229 e. The number of anilines is 1. The lowest BCUT2D eigenvalue weighted by Gasteiger charge is -2.25. The molecule has 1 aromatic rings. The van der Waals surface area contributed by atoms with E-state index in [2.05, 4.69) is 30.4 Å². The van der Waals surface area contributed by atoms with Crippen LogP contribution in [0.15, 0.2) is 24.3 Å². The van der Waals surface area contributed by atoms with Gasteiger partial charge in [-0.05, 0) is 31.0 Å². The van der Waals surface area contributed by atoms with Gasteiger partial charge in [-0.3, -0.25) is 4.79 Å². The number of rotatable bonds is 3. The Morgan fingerprint density at radius 3 is 2.84 bits per heavy atom. The molecular formula is C16H24N2O. The van der Waals surface area contributed by atoms with Crippen molar-refractivity contribution in [1.82, 2.24) is 5.32 Å². The van der Waals surface area contributed by atoms with Crippen LogP contribution in [0.2, 0.25) is 0 Å². The first kappa shape index (κ1) is 14.1. The third-order valence-corrected chi connectivity index (χ3v) is 3.69. The topological polar surface area (TPSA) is 32.3 Å². The summed E-state index contributed by atoms with van der Waals surface area (Å²) >= 11 is 0. The molecule has 1 aliphatic heterocycles. The number of amides is 1. The van der Waals surface area contributed by atoms with Crippen molar-refractivity contribution in [1.29, 1.82) is 0 Å². The Hall–Kier alpha value is -1.35. The van der Waals surface area contributed by atoms with Crippen LogP contribution in [0.3, 0.4) is 0 Å². The van der Waals surface area contributed by atoms with Crippen molar-refractivity contribution in [2.75, 3.05) is 18.0 Å². The molecule has 2 rings (SSSR count). The van der Waals surface area contributed by atoms with Gasteiger partial charge in [0.2, 0.25) is 5.91 Å². The molecule has 104 valence electrons. The van der Waals surface area contributed by atoms with Gasteiger partial charge >= 0.3 is 0 Å². The number of hydrogen-bond acceptors (Lipinski definition) is 2. The van der Waals surface area contributed by atoms with E-state index in [0.717, 1.165) is 31.6 Å². The highest BCUT2D eigenvalue weighted by molar-refractivity contribution is 5.95. The fraction of sp³-hybridized carbons (Fsp3) is 0.562. The highest BCUT2D eigenvalue weighted by atomic mass is 16.2. The molecule has 1 atom stereocenters. The van der Waals surface area contributed by atoms with Crippen molar-refractivity contribution >= 4 is 11.6 Å². The molecule has 0 fully saturated rings. The minimum absolute atomic E-state index is 0.0451. The second-order valence-electron chi connectivity index (χ2n) is 5.46. The van der Waals surface area contributed by atoms with Gasteiger partial charge in [0.05, 0.1) is 0 Å². The van der Waals surface area contributed by atoms with E-state index in [1.807, 2.05) is 24.8 Å². The third kappa shape index (κ3) is 2.98. The zero-order valence-electron chi connectivity index (χ0n) is 12.1. The predicted octanol–water partition coefficient (Wildman–Crippen LogP) is 3.12. The highest BCUT2D eigenvalue weighted by Crippen LogP contribution is 2.33. The zero-order valence-corrected chi connectivity index (χ0v) is 12.1. The summed E-state index contributed by atoms with van der Waals surface area (Å²) in [6.07, 6.45) is 2.14. The molecule has 1 heterocycles. The fourth-order valence-electron chi connectivity index (χ4n) is 2.76. The number of nitrogens with one attached hydrogen (secondary N) is 1. The third-order valence-electron chi connectivity index (χ3n) is 3.69. The molecule has 3 nitrogen and oxygen atoms in total. The average molecular weight is 260 g/mol. The lowest BCUT2D eigenvalue weighted by Crippen LogP contribution is -2.35. The van der Waals surface area contributed by atoms with Crippen molar-refractivity contribution in [3.63, 3.8) is 0 Å². The molecule has 0 aliphatic carbocycles. The number of hydrogen-bond donors (Lipinski definition) is 1. The van der Waals surface area contributed by atoms with E-state index < -0.39 is 0 Å². The summed E-state index contributed by atoms with van der Waals surface area (Å²) in [5.41, 5.74) is 2.35. The Labute approximate surface area is 116 Å². The van der Waals surface area contributed by atoms with Gasteiger partial charge in [0.15, 0.2) is 0 Å². The molecule has 1 amide bonds. The largest absolute Gasteiger partial charge is 0.312 e. The van der Waals surface area contributed by atoms with Crippen LogP contribution >= 0.6 is 0 Å². The van der Waals surface area contributed by atoms with Gasteiger partial charge in [-0.1, -0.05) is 39.0 Å². The monoisotopic (exact) mass is 260 g/mol. The predicted molar refractivity (Wildman–Crippen MR) is 79.3 cm³/mol.